The molecule has 0 aliphatic carbocycles. The molecule has 142 valence electrons. The highest BCUT2D eigenvalue weighted by molar-refractivity contribution is 14.2. The summed E-state index contributed by atoms with van der Waals surface area (Å²) in [4.78, 5) is 10.2. The Morgan fingerprint density at radius 1 is 1.04 bits per heavy atom. The minimum Gasteiger partial charge on any atom is -0.378 e. The molecule has 0 spiro atoms. The molecule has 1 saturated heterocycles. The van der Waals surface area contributed by atoms with Crippen LogP contribution < -0.4 is 10.2 Å². The number of aromatic nitrogens is 1. The Morgan fingerprint density at radius 3 is 2.75 bits per heavy atom. The Labute approximate surface area is 173 Å². The summed E-state index contributed by atoms with van der Waals surface area (Å²) in [6, 6.07) is 17.3. The molecule has 28 heavy (non-hydrogen) atoms. The van der Waals surface area contributed by atoms with Gasteiger partial charge in [-0.1, -0.05) is 6.07 Å². The highest BCUT2D eigenvalue weighted by Crippen LogP contribution is 2.32. The molecule has 0 atom stereocenters. The third-order valence-electron chi connectivity index (χ3n) is 4.92. The number of hydrogen-bond donors (Lipinski definition) is 2. The minimum absolute atomic E-state index is 0.353. The molecule has 0 unspecified atom stereocenters. The van der Waals surface area contributed by atoms with E-state index in [1.165, 1.54) is 25.7 Å². The van der Waals surface area contributed by atoms with Crippen LogP contribution in [-0.2, 0) is 4.74 Å². The van der Waals surface area contributed by atoms with Crippen LogP contribution in [0.4, 0.5) is 11.4 Å². The van der Waals surface area contributed by atoms with E-state index in [0.717, 1.165) is 35.7 Å². The Balaban J connectivity index is 1.32. The summed E-state index contributed by atoms with van der Waals surface area (Å²) in [7, 11) is 0. The molecule has 3 heterocycles. The molecule has 3 aromatic rings. The molecule has 0 amide bonds. The maximum atomic E-state index is 5.43. The van der Waals surface area contributed by atoms with Crippen molar-refractivity contribution in [3.8, 4) is 0 Å². The molecule has 5 rings (SSSR count). The number of halogens is 1. The summed E-state index contributed by atoms with van der Waals surface area (Å²) < 4.78 is 7.89. The number of fused-ring (bicyclic) bond motifs is 1. The number of benzene rings is 2. The lowest BCUT2D eigenvalue weighted by Crippen LogP contribution is -2.36. The molecule has 2 aromatic carbocycles. The van der Waals surface area contributed by atoms with Gasteiger partial charge in [0, 0.05) is 46.0 Å². The summed E-state index contributed by atoms with van der Waals surface area (Å²) in [6.45, 7) is 3.53. The van der Waals surface area contributed by atoms with E-state index in [-0.39, 0.29) is 20.7 Å². The Kier molecular flexibility index (Phi) is 4.97. The zero-order valence-electron chi connectivity index (χ0n) is 15.4. The highest BCUT2D eigenvalue weighted by Gasteiger charge is 2.11. The number of ether oxygens (including phenoxy) is 1. The van der Waals surface area contributed by atoms with Crippen LogP contribution in [0.3, 0.4) is 0 Å². The van der Waals surface area contributed by atoms with Crippen molar-refractivity contribution in [1.82, 2.24) is 4.98 Å². The SMILES string of the molecule is C1=NC(Nc2ccc(N3CCOCC3)cc2)=IC(c2ccc3[nH]ccc3c2)=C1. The van der Waals surface area contributed by atoms with E-state index in [9.17, 15) is 0 Å². The van der Waals surface area contributed by atoms with Crippen LogP contribution in [0.2, 0.25) is 0 Å². The van der Waals surface area contributed by atoms with Gasteiger partial charge >= 0.3 is 0 Å². The fraction of sp³-hybridized carbons (Fsp3) is 0.182. The van der Waals surface area contributed by atoms with Crippen LogP contribution in [0.25, 0.3) is 14.5 Å². The van der Waals surface area contributed by atoms with E-state index in [0.29, 0.717) is 0 Å². The van der Waals surface area contributed by atoms with Gasteiger partial charge in [0.2, 0.25) is 0 Å². The monoisotopic (exact) mass is 484 g/mol. The van der Waals surface area contributed by atoms with Gasteiger partial charge in [-0.3, -0.25) is 0 Å². The third-order valence-corrected chi connectivity index (χ3v) is 7.54. The average Bonchev–Trinajstić information content (AvgIpc) is 3.23. The largest absolute Gasteiger partial charge is 0.378 e. The second kappa shape index (κ2) is 7.89. The molecule has 2 aliphatic heterocycles. The highest BCUT2D eigenvalue weighted by atomic mass is 127. The van der Waals surface area contributed by atoms with E-state index in [1.54, 1.807) is 0 Å². The first-order valence-corrected chi connectivity index (χ1v) is 11.5. The first kappa shape index (κ1) is 17.6. The second-order valence-corrected chi connectivity index (χ2v) is 9.45. The van der Waals surface area contributed by atoms with Crippen molar-refractivity contribution in [2.24, 2.45) is 4.99 Å². The smallest absolute Gasteiger partial charge is 0.163 e. The summed E-state index contributed by atoms with van der Waals surface area (Å²) in [5.41, 5.74) is 4.80. The Morgan fingerprint density at radius 2 is 1.89 bits per heavy atom. The van der Waals surface area contributed by atoms with Crippen LogP contribution in [0.5, 0.6) is 0 Å². The molecule has 1 aromatic heterocycles. The van der Waals surface area contributed by atoms with E-state index in [4.69, 9.17) is 4.74 Å². The quantitative estimate of drug-likeness (QED) is 0.533. The fourth-order valence-electron chi connectivity index (χ4n) is 3.43. The first-order chi connectivity index (χ1) is 13.8. The molecule has 1 fully saturated rings. The lowest BCUT2D eigenvalue weighted by molar-refractivity contribution is 0.122. The Hall–Kier alpha value is -2.45. The van der Waals surface area contributed by atoms with Crippen molar-refractivity contribution in [3.05, 3.63) is 66.4 Å². The zero-order valence-corrected chi connectivity index (χ0v) is 17.5. The average molecular weight is 484 g/mol. The Bertz CT molecular complexity index is 1080. The van der Waals surface area contributed by atoms with Gasteiger partial charge < -0.3 is 19.9 Å². The van der Waals surface area contributed by atoms with E-state index >= 15 is 0 Å². The van der Waals surface area contributed by atoms with Crippen molar-refractivity contribution >= 4 is 56.6 Å². The molecule has 0 saturated carbocycles. The van der Waals surface area contributed by atoms with Gasteiger partial charge in [-0.05, 0) is 80.2 Å². The number of rotatable bonds is 4. The van der Waals surface area contributed by atoms with Crippen LogP contribution in [0.1, 0.15) is 5.56 Å². The molecule has 0 radical (unpaired) electrons. The van der Waals surface area contributed by atoms with Crippen molar-refractivity contribution in [1.29, 1.82) is 0 Å². The van der Waals surface area contributed by atoms with Crippen molar-refractivity contribution < 1.29 is 4.74 Å². The van der Waals surface area contributed by atoms with Crippen molar-refractivity contribution in [2.45, 2.75) is 0 Å². The number of morpholine rings is 1. The molecular weight excluding hydrogens is 463 g/mol. The standard InChI is InChI=1S/C22H21IN4O/c1-6-21-17(7-9-24-21)15-16(1)20-8-10-25-22(23-20)26-18-2-4-19(5-3-18)27-11-13-28-14-12-27/h1-10,15,24H,11-14H2,(H,25,26). The van der Waals surface area contributed by atoms with Crippen LogP contribution in [-0.4, -0.2) is 41.3 Å². The van der Waals surface area contributed by atoms with Gasteiger partial charge in [0.25, 0.3) is 0 Å². The van der Waals surface area contributed by atoms with Crippen LogP contribution >= 0.6 is 20.7 Å². The molecule has 0 bridgehead atoms. The number of aliphatic imine (C=N–C) groups is 1. The zero-order chi connectivity index (χ0) is 18.8. The van der Waals surface area contributed by atoms with Crippen LogP contribution in [0.15, 0.2) is 65.8 Å². The fourth-order valence-corrected chi connectivity index (χ4v) is 5.71. The van der Waals surface area contributed by atoms with Gasteiger partial charge in [-0.2, -0.15) is 0 Å². The maximum Gasteiger partial charge on any atom is 0.163 e. The molecule has 2 aliphatic rings. The van der Waals surface area contributed by atoms with Gasteiger partial charge in [0.15, 0.2) is 3.76 Å². The number of H-pyrrole nitrogens is 1. The van der Waals surface area contributed by atoms with E-state index < -0.39 is 0 Å². The number of anilines is 2. The minimum atomic E-state index is -0.353. The van der Waals surface area contributed by atoms with Gasteiger partial charge in [-0.25, -0.2) is 4.99 Å². The molecule has 6 heteroatoms. The number of hydrogen-bond acceptors (Lipinski definition) is 4. The van der Waals surface area contributed by atoms with E-state index in [2.05, 4.69) is 74.8 Å². The number of aromatic amines is 1. The lowest BCUT2D eigenvalue weighted by Gasteiger charge is -2.28. The molecular formula is C22H21IN4O. The van der Waals surface area contributed by atoms with Crippen LogP contribution in [0, 0.1) is 0 Å². The molecule has 2 N–H and O–H groups in total. The first-order valence-electron chi connectivity index (χ1n) is 9.39. The summed E-state index contributed by atoms with van der Waals surface area (Å²) in [5.74, 6) is 0. The predicted molar refractivity (Wildman–Crippen MR) is 127 cm³/mol. The number of nitrogens with one attached hydrogen (secondary N) is 2. The number of allylic oxidation sites excluding steroid dienone is 1. The normalized spacial score (nSPS) is 17.1. The maximum absolute atomic E-state index is 5.43. The second-order valence-electron chi connectivity index (χ2n) is 6.73. The van der Waals surface area contributed by atoms with Gasteiger partial charge in [0.05, 0.1) is 13.2 Å². The van der Waals surface area contributed by atoms with Gasteiger partial charge in [-0.15, -0.1) is 0 Å². The van der Waals surface area contributed by atoms with Gasteiger partial charge in [0.1, 0.15) is 0 Å². The third kappa shape index (κ3) is 3.74. The lowest BCUT2D eigenvalue weighted by atomic mass is 10.1. The molecule has 5 nitrogen and oxygen atoms in total. The van der Waals surface area contributed by atoms with Crippen molar-refractivity contribution in [2.75, 3.05) is 36.5 Å². The topological polar surface area (TPSA) is 52.6 Å². The predicted octanol–water partition coefficient (Wildman–Crippen LogP) is 4.60. The van der Waals surface area contributed by atoms with Crippen molar-refractivity contribution in [3.63, 3.8) is 0 Å². The number of nitrogens with zero attached hydrogens (tertiary/aromatic N) is 2. The van der Waals surface area contributed by atoms with E-state index in [1.807, 2.05) is 12.4 Å². The summed E-state index contributed by atoms with van der Waals surface area (Å²) in [5, 5.41) is 4.77. The summed E-state index contributed by atoms with van der Waals surface area (Å²) in [6.07, 6.45) is 6.04. The summed E-state index contributed by atoms with van der Waals surface area (Å²) >= 11 is -0.353.